The topological polar surface area (TPSA) is 87.3 Å². The van der Waals surface area contributed by atoms with Gasteiger partial charge < -0.3 is 15.2 Å². The standard InChI is InChI=1S/C19H13Cl3FN3O3/c1-28-16-12(21)7-6-11(14(16)23)18-25-15(13(22)17(24)26-18)19(27)29-8-9-2-4-10(20)5-3-9/h2-7H,8H2,1H3,(H2,24,25,26). The van der Waals surface area contributed by atoms with E-state index in [1.807, 2.05) is 0 Å². The molecule has 0 saturated carbocycles. The molecule has 1 heterocycles. The first-order valence-corrected chi connectivity index (χ1v) is 9.22. The van der Waals surface area contributed by atoms with Crippen LogP contribution in [0.5, 0.6) is 5.75 Å². The van der Waals surface area contributed by atoms with E-state index >= 15 is 0 Å². The predicted octanol–water partition coefficient (Wildman–Crippen LogP) is 5.19. The van der Waals surface area contributed by atoms with Crippen molar-refractivity contribution in [2.24, 2.45) is 0 Å². The van der Waals surface area contributed by atoms with Crippen molar-refractivity contribution in [3.8, 4) is 17.1 Å². The quantitative estimate of drug-likeness (QED) is 0.532. The molecule has 6 nitrogen and oxygen atoms in total. The van der Waals surface area contributed by atoms with Crippen molar-refractivity contribution in [3.05, 3.63) is 68.5 Å². The Bertz CT molecular complexity index is 1080. The number of rotatable bonds is 5. The number of halogens is 4. The van der Waals surface area contributed by atoms with Gasteiger partial charge in [0.15, 0.2) is 23.1 Å². The van der Waals surface area contributed by atoms with Gasteiger partial charge in [0.2, 0.25) is 0 Å². The van der Waals surface area contributed by atoms with Crippen LogP contribution in [0.3, 0.4) is 0 Å². The molecule has 0 saturated heterocycles. The molecule has 0 aliphatic rings. The Morgan fingerprint density at radius 2 is 1.79 bits per heavy atom. The first-order valence-electron chi connectivity index (χ1n) is 8.08. The molecule has 0 aliphatic heterocycles. The summed E-state index contributed by atoms with van der Waals surface area (Å²) < 4.78 is 24.9. The molecule has 0 unspecified atom stereocenters. The molecule has 0 atom stereocenters. The highest BCUT2D eigenvalue weighted by atomic mass is 35.5. The smallest absolute Gasteiger partial charge is 0.359 e. The van der Waals surface area contributed by atoms with Crippen LogP contribution in [0.4, 0.5) is 10.2 Å². The van der Waals surface area contributed by atoms with Gasteiger partial charge in [0, 0.05) is 5.02 Å². The molecule has 10 heteroatoms. The van der Waals surface area contributed by atoms with Gasteiger partial charge in [-0.15, -0.1) is 0 Å². The van der Waals surface area contributed by atoms with E-state index in [-0.39, 0.29) is 45.3 Å². The summed E-state index contributed by atoms with van der Waals surface area (Å²) in [6.07, 6.45) is 0. The number of esters is 1. The molecule has 29 heavy (non-hydrogen) atoms. The van der Waals surface area contributed by atoms with Crippen LogP contribution >= 0.6 is 34.8 Å². The minimum absolute atomic E-state index is 0.0469. The van der Waals surface area contributed by atoms with Gasteiger partial charge in [-0.05, 0) is 29.8 Å². The largest absolute Gasteiger partial charge is 0.492 e. The van der Waals surface area contributed by atoms with Gasteiger partial charge in [0.1, 0.15) is 17.4 Å². The van der Waals surface area contributed by atoms with Crippen LogP contribution < -0.4 is 10.5 Å². The van der Waals surface area contributed by atoms with Crippen LogP contribution in [0.15, 0.2) is 36.4 Å². The highest BCUT2D eigenvalue weighted by Crippen LogP contribution is 2.35. The number of benzene rings is 2. The second-order valence-corrected chi connectivity index (χ2v) is 6.96. The molecule has 0 aliphatic carbocycles. The Hall–Kier alpha value is -2.61. The minimum atomic E-state index is -0.846. The summed E-state index contributed by atoms with van der Waals surface area (Å²) in [5.41, 5.74) is 6.13. The second kappa shape index (κ2) is 8.82. The van der Waals surface area contributed by atoms with E-state index in [9.17, 15) is 9.18 Å². The zero-order valence-corrected chi connectivity index (χ0v) is 17.1. The fraction of sp³-hybridized carbons (Fsp3) is 0.105. The average Bonchev–Trinajstić information content (AvgIpc) is 2.70. The lowest BCUT2D eigenvalue weighted by atomic mass is 10.1. The van der Waals surface area contributed by atoms with Gasteiger partial charge in [0.05, 0.1) is 17.7 Å². The zero-order chi connectivity index (χ0) is 21.1. The van der Waals surface area contributed by atoms with Gasteiger partial charge >= 0.3 is 5.97 Å². The lowest BCUT2D eigenvalue weighted by Gasteiger charge is -2.11. The average molecular weight is 457 g/mol. The maximum atomic E-state index is 14.7. The van der Waals surface area contributed by atoms with Crippen LogP contribution in [0.1, 0.15) is 16.1 Å². The lowest BCUT2D eigenvalue weighted by molar-refractivity contribution is 0.0466. The van der Waals surface area contributed by atoms with E-state index in [1.165, 1.54) is 19.2 Å². The minimum Gasteiger partial charge on any atom is -0.492 e. The normalized spacial score (nSPS) is 10.7. The number of anilines is 1. The van der Waals surface area contributed by atoms with Crippen molar-refractivity contribution in [3.63, 3.8) is 0 Å². The van der Waals surface area contributed by atoms with Crippen LogP contribution in [0.2, 0.25) is 15.1 Å². The Morgan fingerprint density at radius 3 is 2.45 bits per heavy atom. The monoisotopic (exact) mass is 455 g/mol. The number of carbonyl (C=O) groups excluding carboxylic acids is 1. The molecule has 1 aromatic heterocycles. The Labute approximate surface area is 180 Å². The number of hydrogen-bond donors (Lipinski definition) is 1. The maximum absolute atomic E-state index is 14.7. The number of nitrogens with two attached hydrogens (primary N) is 1. The van der Waals surface area contributed by atoms with Crippen LogP contribution in [0.25, 0.3) is 11.4 Å². The van der Waals surface area contributed by atoms with Crippen LogP contribution in [0, 0.1) is 5.82 Å². The summed E-state index contributed by atoms with van der Waals surface area (Å²) >= 11 is 17.8. The number of aromatic nitrogens is 2. The number of methoxy groups -OCH3 is 1. The van der Waals surface area contributed by atoms with Crippen LogP contribution in [-0.2, 0) is 11.3 Å². The van der Waals surface area contributed by atoms with E-state index < -0.39 is 11.8 Å². The predicted molar refractivity (Wildman–Crippen MR) is 109 cm³/mol. The summed E-state index contributed by atoms with van der Waals surface area (Å²) in [5.74, 6) is -2.21. The molecular formula is C19H13Cl3FN3O3. The molecule has 3 rings (SSSR count). The number of carbonyl (C=O) groups is 1. The molecule has 3 aromatic rings. The molecule has 0 fully saturated rings. The van der Waals surface area contributed by atoms with Crippen molar-refractivity contribution >= 4 is 46.6 Å². The van der Waals surface area contributed by atoms with Crippen molar-refractivity contribution in [1.82, 2.24) is 9.97 Å². The number of ether oxygens (including phenoxy) is 2. The highest BCUT2D eigenvalue weighted by molar-refractivity contribution is 6.35. The molecule has 0 bridgehead atoms. The van der Waals surface area contributed by atoms with Crippen molar-refractivity contribution in [2.45, 2.75) is 6.61 Å². The molecule has 0 amide bonds. The van der Waals surface area contributed by atoms with Gasteiger partial charge in [-0.1, -0.05) is 46.9 Å². The number of nitrogens with zero attached hydrogens (tertiary/aromatic N) is 2. The SMILES string of the molecule is COc1c(Cl)ccc(-c2nc(N)c(Cl)c(C(=O)OCc3ccc(Cl)cc3)n2)c1F. The second-order valence-electron chi connectivity index (χ2n) is 5.74. The third kappa shape index (κ3) is 4.53. The van der Waals surface area contributed by atoms with Crippen molar-refractivity contribution < 1.29 is 18.7 Å². The lowest BCUT2D eigenvalue weighted by Crippen LogP contribution is -2.12. The molecule has 2 N–H and O–H groups in total. The Kier molecular flexibility index (Phi) is 6.42. The molecule has 0 spiro atoms. The fourth-order valence-electron chi connectivity index (χ4n) is 2.41. The summed E-state index contributed by atoms with van der Waals surface area (Å²) in [7, 11) is 1.27. The Morgan fingerprint density at radius 1 is 1.10 bits per heavy atom. The highest BCUT2D eigenvalue weighted by Gasteiger charge is 2.23. The van der Waals surface area contributed by atoms with E-state index in [0.717, 1.165) is 0 Å². The van der Waals surface area contributed by atoms with Crippen molar-refractivity contribution in [1.29, 1.82) is 0 Å². The number of nitrogen functional groups attached to an aromatic ring is 1. The van der Waals surface area contributed by atoms with Gasteiger partial charge in [-0.3, -0.25) is 0 Å². The van der Waals surface area contributed by atoms with Crippen molar-refractivity contribution in [2.75, 3.05) is 12.8 Å². The van der Waals surface area contributed by atoms with Gasteiger partial charge in [0.25, 0.3) is 0 Å². The third-order valence-corrected chi connectivity index (χ3v) is 4.77. The first kappa shape index (κ1) is 21.1. The third-order valence-electron chi connectivity index (χ3n) is 3.85. The first-order chi connectivity index (χ1) is 13.8. The van der Waals surface area contributed by atoms with Gasteiger partial charge in [-0.2, -0.15) is 0 Å². The summed E-state index contributed by atoms with van der Waals surface area (Å²) in [6, 6.07) is 9.47. The molecule has 150 valence electrons. The fourth-order valence-corrected chi connectivity index (χ4v) is 2.92. The number of hydrogen-bond acceptors (Lipinski definition) is 6. The molecule has 2 aromatic carbocycles. The van der Waals surface area contributed by atoms with Gasteiger partial charge in [-0.25, -0.2) is 19.2 Å². The molecule has 0 radical (unpaired) electrons. The van der Waals surface area contributed by atoms with E-state index in [2.05, 4.69) is 9.97 Å². The maximum Gasteiger partial charge on any atom is 0.359 e. The van der Waals surface area contributed by atoms with E-state index in [1.54, 1.807) is 24.3 Å². The Balaban J connectivity index is 1.93. The summed E-state index contributed by atoms with van der Waals surface area (Å²) in [4.78, 5) is 20.5. The van der Waals surface area contributed by atoms with Crippen LogP contribution in [-0.4, -0.2) is 23.0 Å². The summed E-state index contributed by atoms with van der Waals surface area (Å²) in [6.45, 7) is -0.0469. The van der Waals surface area contributed by atoms with E-state index in [4.69, 9.17) is 50.0 Å². The summed E-state index contributed by atoms with van der Waals surface area (Å²) in [5, 5.41) is 0.422. The molecular weight excluding hydrogens is 444 g/mol. The zero-order valence-electron chi connectivity index (χ0n) is 14.9. The van der Waals surface area contributed by atoms with E-state index in [0.29, 0.717) is 10.6 Å².